The highest BCUT2D eigenvalue weighted by molar-refractivity contribution is 7.47. The maximum Gasteiger partial charge on any atom is 0.472 e. The molecule has 0 fully saturated rings. The van der Waals surface area contributed by atoms with Gasteiger partial charge in [0, 0.05) is 12.8 Å². The normalized spacial score (nSPS) is 13.9. The Balaban J connectivity index is 3.96. The molecule has 10 heteroatoms. The van der Waals surface area contributed by atoms with E-state index in [1.165, 1.54) is 193 Å². The fourth-order valence-corrected chi connectivity index (χ4v) is 12.1. The lowest BCUT2D eigenvalue weighted by Gasteiger charge is -2.24. The van der Waals surface area contributed by atoms with Crippen molar-refractivity contribution in [3.8, 4) is 0 Å². The van der Waals surface area contributed by atoms with E-state index in [0.717, 1.165) is 122 Å². The van der Waals surface area contributed by atoms with Crippen LogP contribution in [0.4, 0.5) is 0 Å². The third-order valence-corrected chi connectivity index (χ3v) is 18.5. The van der Waals surface area contributed by atoms with Gasteiger partial charge in [0.05, 0.1) is 27.7 Å². The molecule has 0 spiro atoms. The average molecular weight is 1410 g/mol. The van der Waals surface area contributed by atoms with Crippen LogP contribution < -0.4 is 0 Å². The molecule has 9 nitrogen and oxygen atoms in total. The highest BCUT2D eigenvalue weighted by atomic mass is 31.2. The number of hydrogen-bond donors (Lipinski definition) is 1. The largest absolute Gasteiger partial charge is 0.472 e. The molecule has 0 aliphatic carbocycles. The van der Waals surface area contributed by atoms with Gasteiger partial charge in [0.2, 0.25) is 0 Å². The summed E-state index contributed by atoms with van der Waals surface area (Å²) in [6.45, 7) is 4.23. The van der Waals surface area contributed by atoms with Crippen LogP contribution >= 0.6 is 7.82 Å². The molecule has 0 aliphatic heterocycles. The molecule has 572 valence electrons. The molecule has 0 heterocycles. The molecule has 2 atom stereocenters. The second kappa shape index (κ2) is 78.8. The number of carbonyl (C=O) groups excluding carboxylic acids is 2. The summed E-state index contributed by atoms with van der Waals surface area (Å²) in [4.78, 5) is 36.0. The monoisotopic (exact) mass is 1410 g/mol. The van der Waals surface area contributed by atoms with Gasteiger partial charge in [0.25, 0.3) is 0 Å². The smallest absolute Gasteiger partial charge is 0.462 e. The fraction of sp³-hybridized carbons (Fsp3) is 0.689. The van der Waals surface area contributed by atoms with E-state index in [-0.39, 0.29) is 32.0 Å². The first kappa shape index (κ1) is 95.6. The van der Waals surface area contributed by atoms with Crippen molar-refractivity contribution in [1.29, 1.82) is 0 Å². The van der Waals surface area contributed by atoms with Gasteiger partial charge in [0.1, 0.15) is 19.8 Å². The molecular weight excluding hydrogens is 1250 g/mol. The van der Waals surface area contributed by atoms with Crippen LogP contribution in [0.2, 0.25) is 0 Å². The number of phosphoric ester groups is 1. The molecule has 0 saturated heterocycles. The van der Waals surface area contributed by atoms with Gasteiger partial charge in [-0.1, -0.05) is 371 Å². The minimum Gasteiger partial charge on any atom is -0.462 e. The van der Waals surface area contributed by atoms with Gasteiger partial charge < -0.3 is 18.9 Å². The summed E-state index contributed by atoms with van der Waals surface area (Å²) < 4.78 is 34.8. The topological polar surface area (TPSA) is 108 Å². The molecule has 2 unspecified atom stereocenters. The molecule has 0 aromatic heterocycles. The number of phosphoric acid groups is 1. The Hall–Kier alpha value is -4.37. The highest BCUT2D eigenvalue weighted by Gasteiger charge is 2.27. The van der Waals surface area contributed by atoms with Gasteiger partial charge >= 0.3 is 19.8 Å². The number of unbranched alkanes of at least 4 members (excludes halogenated alkanes) is 35. The van der Waals surface area contributed by atoms with E-state index in [1.807, 2.05) is 21.1 Å². The average Bonchev–Trinajstić information content (AvgIpc) is 1.65. The van der Waals surface area contributed by atoms with Crippen LogP contribution in [0.15, 0.2) is 158 Å². The summed E-state index contributed by atoms with van der Waals surface area (Å²) in [5.41, 5.74) is 0. The number of hydrogen-bond acceptors (Lipinski definition) is 7. The van der Waals surface area contributed by atoms with Crippen LogP contribution in [-0.4, -0.2) is 74.9 Å². The van der Waals surface area contributed by atoms with Crippen molar-refractivity contribution < 1.29 is 42.1 Å². The van der Waals surface area contributed by atoms with Gasteiger partial charge in [-0.05, 0) is 122 Å². The predicted octanol–water partition coefficient (Wildman–Crippen LogP) is 27.8. The molecule has 0 saturated carbocycles. The van der Waals surface area contributed by atoms with Gasteiger partial charge in [-0.15, -0.1) is 0 Å². The number of quaternary nitrogens is 1. The summed E-state index contributed by atoms with van der Waals surface area (Å²) >= 11 is 0. The SMILES string of the molecule is CC/C=C\C/C=C\C/C=C\C/C=C\C/C=C\C/C=C\C/C=C\CCCCCCCCCCCCCCCC(=O)OC(COC(=O)CCCCCCCCCCCCCCCCCCCCCCCC/C=C\C/C=C\C/C=C\C/C=C\C/C=C\C/C=C\CC)COP(=O)(O)OCC[N+](C)(C)C. The molecule has 0 bridgehead atoms. The van der Waals surface area contributed by atoms with Crippen LogP contribution in [0.3, 0.4) is 0 Å². The quantitative estimate of drug-likeness (QED) is 0.0211. The zero-order valence-electron chi connectivity index (χ0n) is 65.4. The van der Waals surface area contributed by atoms with Crippen molar-refractivity contribution in [2.75, 3.05) is 47.5 Å². The highest BCUT2D eigenvalue weighted by Crippen LogP contribution is 2.43. The van der Waals surface area contributed by atoms with E-state index in [4.69, 9.17) is 18.5 Å². The van der Waals surface area contributed by atoms with Crippen molar-refractivity contribution >= 4 is 19.8 Å². The Morgan fingerprint density at radius 1 is 0.310 bits per heavy atom. The maximum absolute atomic E-state index is 12.9. The minimum atomic E-state index is -4.40. The Morgan fingerprint density at radius 3 is 0.800 bits per heavy atom. The molecule has 0 aromatic carbocycles. The van der Waals surface area contributed by atoms with Crippen LogP contribution in [0.25, 0.3) is 0 Å². The number of likely N-dealkylation sites (N-methyl/N-ethyl adjacent to an activating group) is 1. The molecule has 0 aromatic rings. The molecule has 0 amide bonds. The Kier molecular flexibility index (Phi) is 75.3. The Morgan fingerprint density at radius 2 is 0.540 bits per heavy atom. The van der Waals surface area contributed by atoms with E-state index in [1.54, 1.807) is 0 Å². The molecular formula is C90H155NO8P+. The van der Waals surface area contributed by atoms with Crippen molar-refractivity contribution in [2.24, 2.45) is 0 Å². The summed E-state index contributed by atoms with van der Waals surface area (Å²) in [6, 6.07) is 0. The van der Waals surface area contributed by atoms with Crippen LogP contribution in [-0.2, 0) is 32.7 Å². The zero-order valence-corrected chi connectivity index (χ0v) is 66.3. The predicted molar refractivity (Wildman–Crippen MR) is 436 cm³/mol. The van der Waals surface area contributed by atoms with Crippen LogP contribution in [0.1, 0.15) is 348 Å². The lowest BCUT2D eigenvalue weighted by molar-refractivity contribution is -0.870. The first-order valence-corrected chi connectivity index (χ1v) is 42.7. The first-order chi connectivity index (χ1) is 49.0. The summed E-state index contributed by atoms with van der Waals surface area (Å²) in [5.74, 6) is -0.791. The molecule has 0 aliphatic rings. The Bertz CT molecular complexity index is 2250. The van der Waals surface area contributed by atoms with Crippen molar-refractivity contribution in [1.82, 2.24) is 0 Å². The molecule has 0 rings (SSSR count). The van der Waals surface area contributed by atoms with E-state index in [2.05, 4.69) is 172 Å². The van der Waals surface area contributed by atoms with Gasteiger partial charge in [0.15, 0.2) is 6.10 Å². The number of esters is 2. The third kappa shape index (κ3) is 82.6. The number of carbonyl (C=O) groups is 2. The zero-order chi connectivity index (χ0) is 72.5. The summed E-state index contributed by atoms with van der Waals surface area (Å²) in [6.07, 6.45) is 118. The van der Waals surface area contributed by atoms with Crippen LogP contribution in [0.5, 0.6) is 0 Å². The van der Waals surface area contributed by atoms with E-state index >= 15 is 0 Å². The lowest BCUT2D eigenvalue weighted by atomic mass is 10.0. The number of ether oxygens (including phenoxy) is 2. The minimum absolute atomic E-state index is 0.0275. The van der Waals surface area contributed by atoms with Crippen molar-refractivity contribution in [3.63, 3.8) is 0 Å². The second-order valence-electron chi connectivity index (χ2n) is 28.4. The van der Waals surface area contributed by atoms with E-state index < -0.39 is 26.5 Å². The van der Waals surface area contributed by atoms with Gasteiger partial charge in [-0.3, -0.25) is 18.6 Å². The summed E-state index contributed by atoms with van der Waals surface area (Å²) in [5, 5.41) is 0. The number of allylic oxidation sites excluding steroid dienone is 26. The standard InChI is InChI=1S/C90H154NO8P/c1-6-8-10-12-14-16-18-20-22-24-26-28-30-32-34-36-38-40-42-43-44-45-46-47-49-50-52-54-56-58-60-62-64-66-68-70-72-74-76-78-80-82-89(92)96-86-88(87-98-100(94,95)97-85-84-91(3,4)5)99-90(93)83-81-79-77-75-73-71-69-67-65-63-61-59-57-55-53-51-48-41-39-37-35-33-31-29-27-25-23-21-19-17-15-13-11-9-7-2/h8-11,14-17,20-23,26-29,32-35,38-41,51,53,88H,6-7,12-13,18-19,24-25,30-31,36-37,42-50,52,54-87H2,1-5H3/p+1/b10-8-,11-9-,16-14-,17-15-,22-20-,23-21-,28-26-,29-27-,34-32-,35-33-,40-38-,41-39-,53-51-. The maximum atomic E-state index is 12.9. The first-order valence-electron chi connectivity index (χ1n) is 41.2. The molecule has 1 N–H and O–H groups in total. The van der Waals surface area contributed by atoms with E-state index in [9.17, 15) is 19.0 Å². The van der Waals surface area contributed by atoms with Gasteiger partial charge in [-0.2, -0.15) is 0 Å². The van der Waals surface area contributed by atoms with E-state index in [0.29, 0.717) is 17.4 Å². The second-order valence-corrected chi connectivity index (χ2v) is 29.8. The van der Waals surface area contributed by atoms with Crippen molar-refractivity contribution in [3.05, 3.63) is 158 Å². The third-order valence-electron chi connectivity index (χ3n) is 17.6. The Labute approximate surface area is 617 Å². The lowest BCUT2D eigenvalue weighted by Crippen LogP contribution is -2.37. The van der Waals surface area contributed by atoms with Crippen molar-refractivity contribution in [2.45, 2.75) is 354 Å². The molecule has 100 heavy (non-hydrogen) atoms. The number of rotatable bonds is 75. The van der Waals surface area contributed by atoms with Gasteiger partial charge in [-0.25, -0.2) is 4.57 Å². The fourth-order valence-electron chi connectivity index (χ4n) is 11.4. The summed E-state index contributed by atoms with van der Waals surface area (Å²) in [7, 11) is 1.48. The van der Waals surface area contributed by atoms with Crippen LogP contribution in [0, 0.1) is 0 Å². The number of nitrogens with zero attached hydrogens (tertiary/aromatic N) is 1. The molecule has 0 radical (unpaired) electrons.